The molecule has 1 saturated carbocycles. The predicted octanol–water partition coefficient (Wildman–Crippen LogP) is 4.12. The van der Waals surface area contributed by atoms with Gasteiger partial charge in [0.15, 0.2) is 0 Å². The van der Waals surface area contributed by atoms with Gasteiger partial charge in [0.1, 0.15) is 17.3 Å². The average molecular weight is 521 g/mol. The van der Waals surface area contributed by atoms with Crippen molar-refractivity contribution in [2.75, 3.05) is 0 Å². The van der Waals surface area contributed by atoms with Crippen LogP contribution in [0.3, 0.4) is 0 Å². The molecule has 37 heavy (non-hydrogen) atoms. The number of hydrogen-bond acceptors (Lipinski definition) is 7. The van der Waals surface area contributed by atoms with Crippen molar-refractivity contribution in [1.29, 1.82) is 0 Å². The minimum absolute atomic E-state index is 0.0703. The third kappa shape index (κ3) is 3.33. The summed E-state index contributed by atoms with van der Waals surface area (Å²) in [7, 11) is -3.92. The summed E-state index contributed by atoms with van der Waals surface area (Å²) in [6.07, 6.45) is 6.12. The third-order valence-corrected chi connectivity index (χ3v) is 8.91. The van der Waals surface area contributed by atoms with Crippen LogP contribution in [0, 0.1) is 17.0 Å². The zero-order valence-corrected chi connectivity index (χ0v) is 20.8. The van der Waals surface area contributed by atoms with Crippen LogP contribution in [-0.2, 0) is 15.4 Å². The monoisotopic (exact) mass is 520 g/mol. The number of nitrogens with two attached hydrogens (primary N) is 1. The standard InChI is InChI=1S/C26H22F2N6O2S/c1-25(2)16-6-8-26(25,24-15(16)11-20(33-34-24)23-17(27)4-3-5-18(23)28)22-13-30-12-21(32-22)19-10-14(7-9-31-19)37(29,35)36/h3-5,7,9-13,16H,6,8H2,1-2H3,(H2,29,35,36)/t16-,26-/m0/s1. The molecule has 11 heteroatoms. The number of pyridine rings is 1. The van der Waals surface area contributed by atoms with Crippen molar-refractivity contribution in [3.63, 3.8) is 0 Å². The number of sulfonamides is 1. The Kier molecular flexibility index (Phi) is 5.06. The summed E-state index contributed by atoms with van der Waals surface area (Å²) in [6.45, 7) is 4.26. The summed E-state index contributed by atoms with van der Waals surface area (Å²) in [5, 5.41) is 14.1. The summed E-state index contributed by atoms with van der Waals surface area (Å²) in [4.78, 5) is 13.5. The average Bonchev–Trinajstić information content (AvgIpc) is 3.24. The van der Waals surface area contributed by atoms with E-state index in [1.165, 1.54) is 42.7 Å². The van der Waals surface area contributed by atoms with Crippen LogP contribution >= 0.6 is 0 Å². The highest BCUT2D eigenvalue weighted by atomic mass is 32.2. The van der Waals surface area contributed by atoms with Gasteiger partial charge in [-0.1, -0.05) is 19.9 Å². The Morgan fingerprint density at radius 3 is 2.49 bits per heavy atom. The van der Waals surface area contributed by atoms with Gasteiger partial charge in [0, 0.05) is 12.4 Å². The van der Waals surface area contributed by atoms with Crippen molar-refractivity contribution in [2.24, 2.45) is 10.6 Å². The molecule has 2 bridgehead atoms. The number of fused-ring (bicyclic) bond motifs is 5. The number of benzene rings is 1. The molecule has 2 aliphatic rings. The van der Waals surface area contributed by atoms with Crippen LogP contribution < -0.4 is 5.14 Å². The number of aromatic nitrogens is 5. The molecule has 8 nitrogen and oxygen atoms in total. The fourth-order valence-corrected chi connectivity index (χ4v) is 6.71. The Balaban J connectivity index is 1.50. The molecule has 4 aromatic rings. The summed E-state index contributed by atoms with van der Waals surface area (Å²) in [6, 6.07) is 8.13. The quantitative estimate of drug-likeness (QED) is 0.429. The fraction of sp³-hybridized carbons (Fsp3) is 0.269. The van der Waals surface area contributed by atoms with Crippen LogP contribution in [0.25, 0.3) is 22.6 Å². The second-order valence-corrected chi connectivity index (χ2v) is 11.6. The van der Waals surface area contributed by atoms with Crippen molar-refractivity contribution >= 4 is 10.0 Å². The number of nitrogens with zero attached hydrogens (tertiary/aromatic N) is 5. The van der Waals surface area contributed by atoms with Crippen molar-refractivity contribution in [3.8, 4) is 22.6 Å². The maximum atomic E-state index is 14.5. The summed E-state index contributed by atoms with van der Waals surface area (Å²) in [5.41, 5.74) is 1.93. The highest BCUT2D eigenvalue weighted by Gasteiger charge is 2.65. The lowest BCUT2D eigenvalue weighted by molar-refractivity contribution is 0.242. The van der Waals surface area contributed by atoms with Crippen molar-refractivity contribution < 1.29 is 17.2 Å². The molecule has 2 aliphatic carbocycles. The van der Waals surface area contributed by atoms with E-state index < -0.39 is 27.1 Å². The first-order chi connectivity index (χ1) is 17.5. The van der Waals surface area contributed by atoms with E-state index in [1.54, 1.807) is 12.3 Å². The van der Waals surface area contributed by atoms with E-state index in [0.717, 1.165) is 18.4 Å². The zero-order chi connectivity index (χ0) is 26.2. The number of rotatable bonds is 4. The van der Waals surface area contributed by atoms with Crippen molar-refractivity contribution in [3.05, 3.63) is 83.6 Å². The van der Waals surface area contributed by atoms with Crippen LogP contribution in [-0.4, -0.2) is 33.6 Å². The van der Waals surface area contributed by atoms with Gasteiger partial charge >= 0.3 is 0 Å². The number of hydrogen-bond donors (Lipinski definition) is 1. The minimum atomic E-state index is -3.92. The van der Waals surface area contributed by atoms with Gasteiger partial charge in [0.25, 0.3) is 0 Å². The Hall–Kier alpha value is -3.70. The van der Waals surface area contributed by atoms with Gasteiger partial charge < -0.3 is 0 Å². The Bertz CT molecular complexity index is 1670. The topological polar surface area (TPSA) is 125 Å². The van der Waals surface area contributed by atoms with Gasteiger partial charge in [0.2, 0.25) is 10.0 Å². The minimum Gasteiger partial charge on any atom is -0.260 e. The van der Waals surface area contributed by atoms with E-state index in [4.69, 9.17) is 10.1 Å². The van der Waals surface area contributed by atoms with E-state index in [1.807, 2.05) is 0 Å². The third-order valence-electron chi connectivity index (χ3n) is 8.00. The molecule has 0 radical (unpaired) electrons. The number of halogens is 2. The maximum Gasteiger partial charge on any atom is 0.238 e. The van der Waals surface area contributed by atoms with E-state index in [-0.39, 0.29) is 27.5 Å². The molecule has 0 saturated heterocycles. The van der Waals surface area contributed by atoms with E-state index >= 15 is 0 Å². The molecule has 3 heterocycles. The van der Waals surface area contributed by atoms with Crippen LogP contribution in [0.5, 0.6) is 0 Å². The highest BCUT2D eigenvalue weighted by Crippen LogP contribution is 2.69. The largest absolute Gasteiger partial charge is 0.260 e. The van der Waals surface area contributed by atoms with Gasteiger partial charge in [0.05, 0.1) is 44.8 Å². The molecule has 1 aromatic carbocycles. The van der Waals surface area contributed by atoms with Gasteiger partial charge in [-0.15, -0.1) is 5.10 Å². The van der Waals surface area contributed by atoms with E-state index in [9.17, 15) is 17.2 Å². The van der Waals surface area contributed by atoms with Crippen LogP contribution in [0.1, 0.15) is 49.6 Å². The molecule has 0 unspecified atom stereocenters. The molecule has 6 rings (SSSR count). The van der Waals surface area contributed by atoms with Crippen LogP contribution in [0.2, 0.25) is 0 Å². The lowest BCUT2D eigenvalue weighted by atomic mass is 9.66. The highest BCUT2D eigenvalue weighted by molar-refractivity contribution is 7.89. The van der Waals surface area contributed by atoms with Gasteiger partial charge in [-0.2, -0.15) is 5.10 Å². The molecule has 0 aliphatic heterocycles. The Morgan fingerprint density at radius 1 is 1.00 bits per heavy atom. The lowest BCUT2D eigenvalue weighted by Crippen LogP contribution is -2.38. The van der Waals surface area contributed by atoms with Crippen molar-refractivity contribution in [2.45, 2.75) is 42.9 Å². The van der Waals surface area contributed by atoms with Crippen LogP contribution in [0.4, 0.5) is 8.78 Å². The molecule has 3 aromatic heterocycles. The maximum absolute atomic E-state index is 14.5. The molecule has 188 valence electrons. The first-order valence-electron chi connectivity index (χ1n) is 11.7. The number of primary sulfonamides is 1. The Labute approximate surface area is 212 Å². The summed E-state index contributed by atoms with van der Waals surface area (Å²) >= 11 is 0. The van der Waals surface area contributed by atoms with Crippen LogP contribution in [0.15, 0.2) is 59.9 Å². The second-order valence-electron chi connectivity index (χ2n) is 10.1. The SMILES string of the molecule is CC1(C)[C@H]2CC[C@]1(c1cncc(-c3cc(S(N)(=O)=O)ccn3)n1)c1nnc(-c3c(F)cccc3F)cc12. The van der Waals surface area contributed by atoms with Gasteiger partial charge in [-0.05, 0) is 60.1 Å². The summed E-state index contributed by atoms with van der Waals surface area (Å²) < 4.78 is 52.7. The first kappa shape index (κ1) is 23.7. The molecular weight excluding hydrogens is 498 g/mol. The van der Waals surface area contributed by atoms with Crippen molar-refractivity contribution in [1.82, 2.24) is 25.1 Å². The predicted molar refractivity (Wildman–Crippen MR) is 131 cm³/mol. The molecular formula is C26H22F2N6O2S. The smallest absolute Gasteiger partial charge is 0.238 e. The Morgan fingerprint density at radius 2 is 1.76 bits per heavy atom. The normalized spacial score (nSPS) is 21.7. The fourth-order valence-electron chi connectivity index (χ4n) is 6.18. The second kappa shape index (κ2) is 7.90. The first-order valence-corrected chi connectivity index (χ1v) is 13.2. The van der Waals surface area contributed by atoms with Gasteiger partial charge in [-0.3, -0.25) is 9.97 Å². The van der Waals surface area contributed by atoms with E-state index in [0.29, 0.717) is 22.8 Å². The molecule has 1 fully saturated rings. The molecule has 2 N–H and O–H groups in total. The van der Waals surface area contributed by atoms with E-state index in [2.05, 4.69) is 34.0 Å². The lowest BCUT2D eigenvalue weighted by Gasteiger charge is -2.37. The van der Waals surface area contributed by atoms with Gasteiger partial charge in [-0.25, -0.2) is 27.3 Å². The molecule has 0 amide bonds. The molecule has 0 spiro atoms. The summed E-state index contributed by atoms with van der Waals surface area (Å²) in [5.74, 6) is -1.32. The zero-order valence-electron chi connectivity index (χ0n) is 20.0. The molecule has 2 atom stereocenters.